The molecular weight excluding hydrogens is 438 g/mol. The first kappa shape index (κ1) is 25.4. The number of nitrogens with one attached hydrogen (secondary N) is 1. The summed E-state index contributed by atoms with van der Waals surface area (Å²) in [5.41, 5.74) is 0.647. The lowest BCUT2D eigenvalue weighted by molar-refractivity contribution is -0.164. The second kappa shape index (κ2) is 9.42. The van der Waals surface area contributed by atoms with Crippen molar-refractivity contribution in [1.29, 1.82) is 0 Å². The standard InChI is InChI=1S/C26H45NO5S/c1-17(7-10-23(29)27-14-15-33(30,31)32)19-8-9-20-24-21(11-13-26(19,20)3)25(2)12-5-4-6-18(25)16-22(24)28/h17-22,24,28H,4-16H2,1-3H3,(H,27,29)(H,30,31,32)/t17-,18?,19-,20-,21?,22+,24+,25+,26-/m0/s1. The summed E-state index contributed by atoms with van der Waals surface area (Å²) in [7, 11) is -4.05. The van der Waals surface area contributed by atoms with E-state index >= 15 is 0 Å². The van der Waals surface area contributed by atoms with Crippen LogP contribution < -0.4 is 5.32 Å². The number of hydrogen-bond acceptors (Lipinski definition) is 4. The van der Waals surface area contributed by atoms with Crippen molar-refractivity contribution >= 4 is 16.0 Å². The molecule has 0 saturated heterocycles. The SMILES string of the molecule is C[C@@H](CCC(=O)NCCS(=O)(=O)O)[C@@H]1CC[C@H]2[C@@H]3C(CC[C@]21C)[C@]1(C)CCCCC1C[C@H]3O. The summed E-state index contributed by atoms with van der Waals surface area (Å²) >= 11 is 0. The fourth-order valence-corrected chi connectivity index (χ4v) is 9.56. The molecule has 2 unspecified atom stereocenters. The molecule has 1 amide bonds. The zero-order valence-corrected chi connectivity index (χ0v) is 21.6. The molecule has 0 heterocycles. The summed E-state index contributed by atoms with van der Waals surface area (Å²) in [6, 6.07) is 0. The monoisotopic (exact) mass is 483 g/mol. The van der Waals surface area contributed by atoms with Gasteiger partial charge in [0, 0.05) is 13.0 Å². The zero-order chi connectivity index (χ0) is 24.0. The van der Waals surface area contributed by atoms with E-state index in [2.05, 4.69) is 26.1 Å². The molecule has 4 aliphatic carbocycles. The molecule has 0 aromatic carbocycles. The minimum absolute atomic E-state index is 0.0457. The number of aliphatic hydroxyl groups excluding tert-OH is 1. The second-order valence-electron chi connectivity index (χ2n) is 12.4. The Morgan fingerprint density at radius 2 is 1.79 bits per heavy atom. The van der Waals surface area contributed by atoms with Gasteiger partial charge >= 0.3 is 0 Å². The molecule has 7 heteroatoms. The van der Waals surface area contributed by atoms with Crippen LogP contribution in [0.4, 0.5) is 0 Å². The Kier molecular flexibility index (Phi) is 7.26. The van der Waals surface area contributed by atoms with Gasteiger partial charge in [-0.05, 0) is 97.7 Å². The van der Waals surface area contributed by atoms with Gasteiger partial charge in [-0.3, -0.25) is 9.35 Å². The minimum Gasteiger partial charge on any atom is -0.393 e. The first-order valence-electron chi connectivity index (χ1n) is 13.4. The number of aliphatic hydroxyl groups is 1. The van der Waals surface area contributed by atoms with Crippen molar-refractivity contribution in [2.45, 2.75) is 97.5 Å². The van der Waals surface area contributed by atoms with Gasteiger partial charge in [-0.1, -0.05) is 33.6 Å². The van der Waals surface area contributed by atoms with E-state index in [9.17, 15) is 18.3 Å². The fraction of sp³-hybridized carbons (Fsp3) is 0.962. The van der Waals surface area contributed by atoms with E-state index < -0.39 is 15.9 Å². The van der Waals surface area contributed by atoms with Crippen molar-refractivity contribution < 1.29 is 22.9 Å². The molecule has 6 nitrogen and oxygen atoms in total. The Bertz CT molecular complexity index is 831. The van der Waals surface area contributed by atoms with Crippen LogP contribution in [0.25, 0.3) is 0 Å². The molecule has 190 valence electrons. The largest absolute Gasteiger partial charge is 0.393 e. The van der Waals surface area contributed by atoms with Gasteiger partial charge in [0.2, 0.25) is 5.91 Å². The van der Waals surface area contributed by atoms with E-state index in [0.29, 0.717) is 47.3 Å². The molecule has 0 aliphatic heterocycles. The third-order valence-corrected chi connectivity index (χ3v) is 11.6. The summed E-state index contributed by atoms with van der Waals surface area (Å²) in [5.74, 6) is 2.77. The fourth-order valence-electron chi connectivity index (χ4n) is 9.20. The van der Waals surface area contributed by atoms with Crippen molar-refractivity contribution in [3.05, 3.63) is 0 Å². The molecule has 0 aromatic rings. The molecule has 0 aromatic heterocycles. The highest BCUT2D eigenvalue weighted by atomic mass is 32.2. The third kappa shape index (κ3) is 4.88. The molecule has 4 rings (SSSR count). The Labute approximate surface area is 200 Å². The number of rotatable bonds is 7. The van der Waals surface area contributed by atoms with Gasteiger partial charge in [0.15, 0.2) is 0 Å². The van der Waals surface area contributed by atoms with Crippen molar-refractivity contribution in [1.82, 2.24) is 5.32 Å². The highest BCUT2D eigenvalue weighted by Crippen LogP contribution is 2.68. The number of carbonyl (C=O) groups excluding carboxylic acids is 1. The van der Waals surface area contributed by atoms with Crippen LogP contribution in [0.3, 0.4) is 0 Å². The van der Waals surface area contributed by atoms with Crippen LogP contribution in [-0.4, -0.2) is 42.4 Å². The third-order valence-electron chi connectivity index (χ3n) is 10.9. The molecular formula is C26H45NO5S. The normalized spacial score (nSPS) is 43.8. The number of amides is 1. The summed E-state index contributed by atoms with van der Waals surface area (Å²) in [6.07, 6.45) is 12.2. The number of fused-ring (bicyclic) bond motifs is 5. The van der Waals surface area contributed by atoms with E-state index in [0.717, 1.165) is 12.8 Å². The molecule has 4 fully saturated rings. The predicted octanol–water partition coefficient (Wildman–Crippen LogP) is 4.43. The lowest BCUT2D eigenvalue weighted by Gasteiger charge is -2.62. The van der Waals surface area contributed by atoms with Crippen LogP contribution in [0.5, 0.6) is 0 Å². The highest BCUT2D eigenvalue weighted by Gasteiger charge is 2.62. The molecule has 33 heavy (non-hydrogen) atoms. The molecule has 4 aliphatic rings. The maximum Gasteiger partial charge on any atom is 0.266 e. The van der Waals surface area contributed by atoms with Crippen LogP contribution in [0.1, 0.15) is 91.4 Å². The van der Waals surface area contributed by atoms with Gasteiger partial charge < -0.3 is 10.4 Å². The average molecular weight is 484 g/mol. The smallest absolute Gasteiger partial charge is 0.266 e. The molecule has 4 saturated carbocycles. The summed E-state index contributed by atoms with van der Waals surface area (Å²) in [4.78, 5) is 12.2. The highest BCUT2D eigenvalue weighted by molar-refractivity contribution is 7.85. The Hall–Kier alpha value is -0.660. The van der Waals surface area contributed by atoms with E-state index in [1.54, 1.807) is 0 Å². The zero-order valence-electron chi connectivity index (χ0n) is 20.8. The average Bonchev–Trinajstić information content (AvgIpc) is 3.08. The summed E-state index contributed by atoms with van der Waals surface area (Å²) in [6.45, 7) is 7.23. The van der Waals surface area contributed by atoms with Crippen LogP contribution >= 0.6 is 0 Å². The maximum atomic E-state index is 12.2. The Morgan fingerprint density at radius 3 is 2.52 bits per heavy atom. The molecule has 0 radical (unpaired) electrons. The van der Waals surface area contributed by atoms with Gasteiger partial charge in [-0.2, -0.15) is 8.42 Å². The van der Waals surface area contributed by atoms with Gasteiger partial charge in [-0.25, -0.2) is 0 Å². The lowest BCUT2D eigenvalue weighted by Crippen LogP contribution is -2.57. The number of hydrogen-bond donors (Lipinski definition) is 3. The van der Waals surface area contributed by atoms with Crippen LogP contribution in [0, 0.1) is 46.3 Å². The van der Waals surface area contributed by atoms with Crippen LogP contribution in [-0.2, 0) is 14.9 Å². The van der Waals surface area contributed by atoms with E-state index in [4.69, 9.17) is 4.55 Å². The quantitative estimate of drug-likeness (QED) is 0.465. The van der Waals surface area contributed by atoms with E-state index in [1.165, 1.54) is 51.4 Å². The Balaban J connectivity index is 1.38. The van der Waals surface area contributed by atoms with Crippen LogP contribution in [0.2, 0.25) is 0 Å². The van der Waals surface area contributed by atoms with E-state index in [-0.39, 0.29) is 24.0 Å². The van der Waals surface area contributed by atoms with Gasteiger partial charge in [-0.15, -0.1) is 0 Å². The van der Waals surface area contributed by atoms with Crippen molar-refractivity contribution in [2.75, 3.05) is 12.3 Å². The summed E-state index contributed by atoms with van der Waals surface area (Å²) < 4.78 is 30.5. The maximum absolute atomic E-state index is 12.2. The van der Waals surface area contributed by atoms with Gasteiger partial charge in [0.25, 0.3) is 10.1 Å². The summed E-state index contributed by atoms with van der Waals surface area (Å²) in [5, 5.41) is 14.0. The topological polar surface area (TPSA) is 104 Å². The predicted molar refractivity (Wildman–Crippen MR) is 129 cm³/mol. The lowest BCUT2D eigenvalue weighted by atomic mass is 9.44. The van der Waals surface area contributed by atoms with Gasteiger partial charge in [0.1, 0.15) is 0 Å². The molecule has 0 spiro atoms. The Morgan fingerprint density at radius 1 is 1.06 bits per heavy atom. The van der Waals surface area contributed by atoms with Crippen molar-refractivity contribution in [3.8, 4) is 0 Å². The minimum atomic E-state index is -4.05. The second-order valence-corrected chi connectivity index (χ2v) is 14.0. The first-order valence-corrected chi connectivity index (χ1v) is 15.0. The molecule has 3 N–H and O–H groups in total. The van der Waals surface area contributed by atoms with Crippen LogP contribution in [0.15, 0.2) is 0 Å². The van der Waals surface area contributed by atoms with Crippen molar-refractivity contribution in [3.63, 3.8) is 0 Å². The van der Waals surface area contributed by atoms with E-state index in [1.807, 2.05) is 0 Å². The van der Waals surface area contributed by atoms with Crippen molar-refractivity contribution in [2.24, 2.45) is 46.3 Å². The first-order chi connectivity index (χ1) is 15.5. The molecule has 9 atom stereocenters. The number of carbonyl (C=O) groups is 1. The van der Waals surface area contributed by atoms with Gasteiger partial charge in [0.05, 0.1) is 11.9 Å². The molecule has 0 bridgehead atoms.